The van der Waals surface area contributed by atoms with Gasteiger partial charge in [-0.3, -0.25) is 4.79 Å². The van der Waals surface area contributed by atoms with Gasteiger partial charge in [-0.05, 0) is 23.8 Å². The number of alkyl halides is 3. The van der Waals surface area contributed by atoms with E-state index in [2.05, 4.69) is 4.74 Å². The van der Waals surface area contributed by atoms with Gasteiger partial charge in [0.2, 0.25) is 0 Å². The number of carbonyl (C=O) groups is 2. The Balaban J connectivity index is 2.01. The Morgan fingerprint density at radius 2 is 1.52 bits per heavy atom. The second-order valence-electron chi connectivity index (χ2n) is 4.52. The molecule has 0 bridgehead atoms. The quantitative estimate of drug-likeness (QED) is 0.369. The van der Waals surface area contributed by atoms with Crippen LogP contribution in [0.15, 0.2) is 60.7 Å². The normalized spacial score (nSPS) is 11.4. The van der Waals surface area contributed by atoms with Gasteiger partial charge in [0.25, 0.3) is 0 Å². The van der Waals surface area contributed by atoms with Crippen molar-refractivity contribution in [2.45, 2.75) is 6.18 Å². The highest BCUT2D eigenvalue weighted by molar-refractivity contribution is 6.06. The molecule has 23 heavy (non-hydrogen) atoms. The minimum atomic E-state index is -5.04. The first-order valence-electron chi connectivity index (χ1n) is 6.53. The predicted molar refractivity (Wildman–Crippen MR) is 77.9 cm³/mol. The van der Waals surface area contributed by atoms with Crippen LogP contribution in [-0.4, -0.2) is 17.9 Å². The van der Waals surface area contributed by atoms with Crippen molar-refractivity contribution in [3.8, 4) is 5.75 Å². The number of hydrogen-bond acceptors (Lipinski definition) is 3. The third-order valence-corrected chi connectivity index (χ3v) is 2.81. The molecule has 6 heteroatoms. The van der Waals surface area contributed by atoms with E-state index in [1.807, 2.05) is 0 Å². The molecule has 2 aromatic carbocycles. The summed E-state index contributed by atoms with van der Waals surface area (Å²) in [6.45, 7) is 0. The van der Waals surface area contributed by atoms with Crippen molar-refractivity contribution in [2.75, 3.05) is 0 Å². The highest BCUT2D eigenvalue weighted by atomic mass is 19.4. The van der Waals surface area contributed by atoms with E-state index in [0.29, 0.717) is 11.1 Å². The summed E-state index contributed by atoms with van der Waals surface area (Å²) < 4.78 is 40.4. The SMILES string of the molecule is O=C(/C=C/c1ccc(OC(=O)C(F)(F)F)cc1)c1ccccc1. The molecular weight excluding hydrogens is 309 g/mol. The van der Waals surface area contributed by atoms with Crippen molar-refractivity contribution in [1.82, 2.24) is 0 Å². The summed E-state index contributed by atoms with van der Waals surface area (Å²) in [4.78, 5) is 22.5. The third kappa shape index (κ3) is 4.81. The van der Waals surface area contributed by atoms with Gasteiger partial charge in [0.05, 0.1) is 0 Å². The fourth-order valence-corrected chi connectivity index (χ4v) is 1.68. The van der Waals surface area contributed by atoms with Crippen LogP contribution in [0.5, 0.6) is 5.75 Å². The fraction of sp³-hybridized carbons (Fsp3) is 0.0588. The van der Waals surface area contributed by atoms with Crippen molar-refractivity contribution in [3.05, 3.63) is 71.8 Å². The molecule has 0 atom stereocenters. The zero-order valence-electron chi connectivity index (χ0n) is 11.7. The molecule has 2 aromatic rings. The third-order valence-electron chi connectivity index (χ3n) is 2.81. The highest BCUT2D eigenvalue weighted by Crippen LogP contribution is 2.20. The van der Waals surface area contributed by atoms with E-state index < -0.39 is 12.1 Å². The van der Waals surface area contributed by atoms with Crippen LogP contribution in [0.2, 0.25) is 0 Å². The standard InChI is InChI=1S/C17H11F3O3/c18-17(19,20)16(22)23-14-9-6-12(7-10-14)8-11-15(21)13-4-2-1-3-5-13/h1-11H/b11-8+. The molecule has 3 nitrogen and oxygen atoms in total. The van der Waals surface area contributed by atoms with Gasteiger partial charge in [-0.1, -0.05) is 48.5 Å². The Morgan fingerprint density at radius 1 is 0.913 bits per heavy atom. The number of ketones is 1. The molecular formula is C17H11F3O3. The molecule has 0 N–H and O–H groups in total. The fourth-order valence-electron chi connectivity index (χ4n) is 1.68. The van der Waals surface area contributed by atoms with Crippen molar-refractivity contribution in [1.29, 1.82) is 0 Å². The first kappa shape index (κ1) is 16.5. The average Bonchev–Trinajstić information content (AvgIpc) is 2.54. The van der Waals surface area contributed by atoms with Gasteiger partial charge in [0.1, 0.15) is 5.75 Å². The van der Waals surface area contributed by atoms with E-state index in [0.717, 1.165) is 0 Å². The van der Waals surface area contributed by atoms with Crippen LogP contribution in [0.3, 0.4) is 0 Å². The predicted octanol–water partition coefficient (Wildman–Crippen LogP) is 4.05. The van der Waals surface area contributed by atoms with Crippen molar-refractivity contribution >= 4 is 17.8 Å². The van der Waals surface area contributed by atoms with Gasteiger partial charge in [0.15, 0.2) is 5.78 Å². The Morgan fingerprint density at radius 3 is 2.09 bits per heavy atom. The Hall–Kier alpha value is -2.89. The van der Waals surface area contributed by atoms with Crippen LogP contribution in [0, 0.1) is 0 Å². The number of carbonyl (C=O) groups excluding carboxylic acids is 2. The van der Waals surface area contributed by atoms with Gasteiger partial charge < -0.3 is 4.74 Å². The second kappa shape index (κ2) is 6.91. The van der Waals surface area contributed by atoms with E-state index in [-0.39, 0.29) is 11.5 Å². The molecule has 0 saturated heterocycles. The van der Waals surface area contributed by atoms with E-state index in [4.69, 9.17) is 0 Å². The summed E-state index contributed by atoms with van der Waals surface area (Å²) in [5, 5.41) is 0. The number of rotatable bonds is 4. The highest BCUT2D eigenvalue weighted by Gasteiger charge is 2.41. The number of halogens is 3. The zero-order valence-corrected chi connectivity index (χ0v) is 11.7. The summed E-state index contributed by atoms with van der Waals surface area (Å²) in [5.41, 5.74) is 1.11. The van der Waals surface area contributed by atoms with Crippen LogP contribution in [0.1, 0.15) is 15.9 Å². The lowest BCUT2D eigenvalue weighted by Crippen LogP contribution is -2.27. The minimum Gasteiger partial charge on any atom is -0.420 e. The number of esters is 1. The van der Waals surface area contributed by atoms with Crippen LogP contribution < -0.4 is 4.74 Å². The average molecular weight is 320 g/mol. The maximum Gasteiger partial charge on any atom is 0.491 e. The Bertz CT molecular complexity index is 717. The van der Waals surface area contributed by atoms with Crippen molar-refractivity contribution in [2.24, 2.45) is 0 Å². The molecule has 0 amide bonds. The Labute approximate surface area is 130 Å². The van der Waals surface area contributed by atoms with Gasteiger partial charge >= 0.3 is 12.1 Å². The van der Waals surface area contributed by atoms with Crippen molar-refractivity contribution < 1.29 is 27.5 Å². The summed E-state index contributed by atoms with van der Waals surface area (Å²) in [7, 11) is 0. The lowest BCUT2D eigenvalue weighted by Gasteiger charge is -2.06. The lowest BCUT2D eigenvalue weighted by atomic mass is 10.1. The summed E-state index contributed by atoms with van der Waals surface area (Å²) >= 11 is 0. The molecule has 0 unspecified atom stereocenters. The molecule has 0 aromatic heterocycles. The number of hydrogen-bond donors (Lipinski definition) is 0. The molecule has 0 aliphatic heterocycles. The molecule has 0 spiro atoms. The van der Waals surface area contributed by atoms with E-state index in [9.17, 15) is 22.8 Å². The largest absolute Gasteiger partial charge is 0.491 e. The van der Waals surface area contributed by atoms with E-state index in [1.54, 1.807) is 30.3 Å². The number of benzene rings is 2. The summed E-state index contributed by atoms with van der Waals surface area (Å²) in [6.07, 6.45) is -2.17. The number of ether oxygens (including phenoxy) is 1. The summed E-state index contributed by atoms with van der Waals surface area (Å²) in [5.74, 6) is -2.70. The molecule has 0 heterocycles. The molecule has 0 aliphatic carbocycles. The van der Waals surface area contributed by atoms with E-state index >= 15 is 0 Å². The van der Waals surface area contributed by atoms with Gasteiger partial charge in [-0.2, -0.15) is 13.2 Å². The smallest absolute Gasteiger partial charge is 0.420 e. The van der Waals surface area contributed by atoms with Crippen LogP contribution in [0.4, 0.5) is 13.2 Å². The van der Waals surface area contributed by atoms with Gasteiger partial charge in [-0.25, -0.2) is 4.79 Å². The monoisotopic (exact) mass is 320 g/mol. The first-order chi connectivity index (χ1) is 10.9. The molecule has 0 radical (unpaired) electrons. The second-order valence-corrected chi connectivity index (χ2v) is 4.52. The van der Waals surface area contributed by atoms with Gasteiger partial charge in [0, 0.05) is 5.56 Å². The van der Waals surface area contributed by atoms with Crippen LogP contribution in [0.25, 0.3) is 6.08 Å². The molecule has 0 aliphatic rings. The maximum atomic E-state index is 12.1. The zero-order chi connectivity index (χ0) is 16.9. The molecule has 118 valence electrons. The molecule has 2 rings (SSSR count). The first-order valence-corrected chi connectivity index (χ1v) is 6.53. The molecule has 0 fully saturated rings. The maximum absolute atomic E-state index is 12.1. The summed E-state index contributed by atoms with van der Waals surface area (Å²) in [6, 6.07) is 13.9. The van der Waals surface area contributed by atoms with Gasteiger partial charge in [-0.15, -0.1) is 0 Å². The number of allylic oxidation sites excluding steroid dienone is 1. The van der Waals surface area contributed by atoms with Crippen LogP contribution >= 0.6 is 0 Å². The van der Waals surface area contributed by atoms with E-state index in [1.165, 1.54) is 36.4 Å². The molecule has 0 saturated carbocycles. The topological polar surface area (TPSA) is 43.4 Å². The Kier molecular flexibility index (Phi) is 4.95. The lowest BCUT2D eigenvalue weighted by molar-refractivity contribution is -0.189. The minimum absolute atomic E-state index is 0.196. The van der Waals surface area contributed by atoms with Crippen LogP contribution in [-0.2, 0) is 4.79 Å². The van der Waals surface area contributed by atoms with Crippen molar-refractivity contribution in [3.63, 3.8) is 0 Å².